The third kappa shape index (κ3) is 2.84. The largest absolute Gasteiger partial charge is 0.454 e. The van der Waals surface area contributed by atoms with Crippen molar-refractivity contribution < 1.29 is 33.7 Å². The average molecular weight is 378 g/mol. The van der Waals surface area contributed by atoms with E-state index in [0.29, 0.717) is 0 Å². The van der Waals surface area contributed by atoms with Gasteiger partial charge in [-0.05, 0) is 39.5 Å². The fourth-order valence-electron chi connectivity index (χ4n) is 4.51. The van der Waals surface area contributed by atoms with Crippen molar-refractivity contribution in [1.29, 1.82) is 0 Å². The summed E-state index contributed by atoms with van der Waals surface area (Å²) in [7, 11) is 0. The lowest BCUT2D eigenvalue weighted by Crippen LogP contribution is -2.57. The van der Waals surface area contributed by atoms with Crippen molar-refractivity contribution in [3.05, 3.63) is 22.8 Å². The van der Waals surface area contributed by atoms with Crippen LogP contribution in [-0.2, 0) is 28.6 Å². The number of carbonyl (C=O) groups is 3. The molecule has 0 unspecified atom stereocenters. The molecule has 1 N–H and O–H groups in total. The van der Waals surface area contributed by atoms with Gasteiger partial charge in [0.25, 0.3) is 0 Å². The maximum atomic E-state index is 12.5. The Morgan fingerprint density at radius 3 is 2.56 bits per heavy atom. The van der Waals surface area contributed by atoms with E-state index in [2.05, 4.69) is 0 Å². The summed E-state index contributed by atoms with van der Waals surface area (Å²) in [5.74, 6) is -1.33. The predicted octanol–water partition coefficient (Wildman–Crippen LogP) is 1.83. The maximum Gasteiger partial charge on any atom is 0.336 e. The number of esters is 2. The fraction of sp³-hybridized carbons (Fsp3) is 0.650. The molecule has 2 heterocycles. The lowest BCUT2D eigenvalue weighted by molar-refractivity contribution is -0.163. The lowest BCUT2D eigenvalue weighted by atomic mass is 9.57. The standard InChI is InChI=1S/C20H26O7/c1-10(2)8-14(22)25-16(15-12(4)17(23)26-18(15)24)19(5)11(3)6-7-13-20(19,9-21)27-13/h8-9,11,13,16,18,24H,6-7H2,1-5H3/t11-,13+,16+,18-,19-,20+/m0/s1. The smallest absolute Gasteiger partial charge is 0.336 e. The van der Waals surface area contributed by atoms with Gasteiger partial charge in [0.2, 0.25) is 6.29 Å². The molecule has 2 aliphatic heterocycles. The van der Waals surface area contributed by atoms with Crippen molar-refractivity contribution in [2.45, 2.75) is 71.6 Å². The zero-order valence-electron chi connectivity index (χ0n) is 16.3. The Morgan fingerprint density at radius 1 is 1.37 bits per heavy atom. The zero-order valence-corrected chi connectivity index (χ0v) is 16.3. The molecule has 0 radical (unpaired) electrons. The molecular formula is C20H26O7. The molecule has 0 aromatic heterocycles. The minimum Gasteiger partial charge on any atom is -0.454 e. The van der Waals surface area contributed by atoms with Crippen LogP contribution in [0.25, 0.3) is 0 Å². The monoisotopic (exact) mass is 378 g/mol. The summed E-state index contributed by atoms with van der Waals surface area (Å²) < 4.78 is 16.5. The first-order valence-corrected chi connectivity index (χ1v) is 9.17. The third-order valence-electron chi connectivity index (χ3n) is 6.35. The van der Waals surface area contributed by atoms with Gasteiger partial charge in [-0.25, -0.2) is 9.59 Å². The molecule has 0 amide bonds. The molecule has 0 aromatic rings. The van der Waals surface area contributed by atoms with Crippen molar-refractivity contribution in [3.63, 3.8) is 0 Å². The van der Waals surface area contributed by atoms with Gasteiger partial charge >= 0.3 is 11.9 Å². The van der Waals surface area contributed by atoms with E-state index < -0.39 is 35.3 Å². The van der Waals surface area contributed by atoms with Crippen LogP contribution >= 0.6 is 0 Å². The van der Waals surface area contributed by atoms with E-state index in [1.54, 1.807) is 13.8 Å². The molecule has 0 spiro atoms. The van der Waals surface area contributed by atoms with Crippen molar-refractivity contribution in [3.8, 4) is 0 Å². The minimum atomic E-state index is -1.52. The van der Waals surface area contributed by atoms with Gasteiger partial charge in [0.1, 0.15) is 6.10 Å². The highest BCUT2D eigenvalue weighted by molar-refractivity contribution is 5.92. The molecular weight excluding hydrogens is 352 g/mol. The second-order valence-electron chi connectivity index (χ2n) is 8.16. The minimum absolute atomic E-state index is 0.0610. The topological polar surface area (TPSA) is 102 Å². The normalized spacial score (nSPS) is 38.6. The van der Waals surface area contributed by atoms with Gasteiger partial charge in [-0.3, -0.25) is 4.79 Å². The van der Waals surface area contributed by atoms with Crippen molar-refractivity contribution >= 4 is 18.2 Å². The summed E-state index contributed by atoms with van der Waals surface area (Å²) in [6.07, 6.45) is 0.806. The second kappa shape index (κ2) is 6.56. The van der Waals surface area contributed by atoms with E-state index in [-0.39, 0.29) is 23.2 Å². The van der Waals surface area contributed by atoms with E-state index in [1.807, 2.05) is 13.8 Å². The number of rotatable bonds is 5. The van der Waals surface area contributed by atoms with Crippen LogP contribution < -0.4 is 0 Å². The molecule has 7 nitrogen and oxygen atoms in total. The predicted molar refractivity (Wildman–Crippen MR) is 94.3 cm³/mol. The summed E-state index contributed by atoms with van der Waals surface area (Å²) in [6, 6.07) is 0. The van der Waals surface area contributed by atoms with Gasteiger partial charge in [-0.2, -0.15) is 0 Å². The number of carbonyl (C=O) groups excluding carboxylic acids is 3. The van der Waals surface area contributed by atoms with Crippen LogP contribution in [0, 0.1) is 11.3 Å². The van der Waals surface area contributed by atoms with E-state index in [0.717, 1.165) is 24.7 Å². The van der Waals surface area contributed by atoms with E-state index in [1.165, 1.54) is 13.0 Å². The first-order valence-electron chi connectivity index (χ1n) is 9.17. The number of hydrogen-bond acceptors (Lipinski definition) is 7. The highest BCUT2D eigenvalue weighted by Crippen LogP contribution is 2.63. The molecule has 3 rings (SSSR count). The molecule has 7 heteroatoms. The van der Waals surface area contributed by atoms with Crippen LogP contribution in [0.15, 0.2) is 22.8 Å². The zero-order chi connectivity index (χ0) is 20.1. The quantitative estimate of drug-likeness (QED) is 0.337. The molecule has 1 saturated carbocycles. The number of aliphatic hydroxyl groups is 1. The summed E-state index contributed by atoms with van der Waals surface area (Å²) in [5.41, 5.74) is -0.943. The lowest BCUT2D eigenvalue weighted by Gasteiger charge is -2.46. The van der Waals surface area contributed by atoms with Gasteiger partial charge in [-0.1, -0.05) is 19.4 Å². The van der Waals surface area contributed by atoms with Crippen LogP contribution in [0.3, 0.4) is 0 Å². The summed E-state index contributed by atoms with van der Waals surface area (Å²) in [4.78, 5) is 36.5. The van der Waals surface area contributed by atoms with E-state index >= 15 is 0 Å². The Bertz CT molecular complexity index is 747. The Hall–Kier alpha value is -1.99. The number of hydrogen-bond donors (Lipinski definition) is 1. The molecule has 148 valence electrons. The molecule has 3 aliphatic rings. The van der Waals surface area contributed by atoms with Crippen LogP contribution in [-0.4, -0.2) is 47.4 Å². The fourth-order valence-corrected chi connectivity index (χ4v) is 4.51. The second-order valence-corrected chi connectivity index (χ2v) is 8.16. The molecule has 0 bridgehead atoms. The number of aldehydes is 1. The summed E-state index contributed by atoms with van der Waals surface area (Å²) in [5, 5.41) is 10.3. The van der Waals surface area contributed by atoms with E-state index in [4.69, 9.17) is 14.2 Å². The number of ether oxygens (including phenoxy) is 3. The average Bonchev–Trinajstić information content (AvgIpc) is 3.27. The molecule has 0 aromatic carbocycles. The van der Waals surface area contributed by atoms with Gasteiger partial charge in [0, 0.05) is 22.6 Å². The van der Waals surface area contributed by atoms with Crippen LogP contribution in [0.5, 0.6) is 0 Å². The van der Waals surface area contributed by atoms with Gasteiger partial charge in [0.05, 0.1) is 6.10 Å². The Labute approximate surface area is 158 Å². The van der Waals surface area contributed by atoms with Crippen LogP contribution in [0.1, 0.15) is 47.5 Å². The van der Waals surface area contributed by atoms with Crippen LogP contribution in [0.4, 0.5) is 0 Å². The third-order valence-corrected chi connectivity index (χ3v) is 6.35. The van der Waals surface area contributed by atoms with Gasteiger partial charge in [0.15, 0.2) is 11.9 Å². The number of cyclic esters (lactones) is 1. The number of fused-ring (bicyclic) bond motifs is 1. The van der Waals surface area contributed by atoms with E-state index in [9.17, 15) is 19.5 Å². The van der Waals surface area contributed by atoms with Crippen LogP contribution in [0.2, 0.25) is 0 Å². The molecule has 2 fully saturated rings. The molecule has 1 aliphatic carbocycles. The number of aliphatic hydroxyl groups excluding tert-OH is 1. The Kier molecular flexibility index (Phi) is 4.80. The first-order chi connectivity index (χ1) is 12.6. The maximum absolute atomic E-state index is 12.5. The number of epoxide rings is 1. The van der Waals surface area contributed by atoms with Crippen molar-refractivity contribution in [2.24, 2.45) is 11.3 Å². The molecule has 6 atom stereocenters. The SMILES string of the molecule is CC(C)=CC(=O)O[C@H](C1=C(C)C(=O)O[C@@H]1O)[C@]1(C)[C@@H](C)CC[C@H]2O[C@]21C=O. The van der Waals surface area contributed by atoms with Crippen molar-refractivity contribution in [1.82, 2.24) is 0 Å². The summed E-state index contributed by atoms with van der Waals surface area (Å²) in [6.45, 7) is 8.82. The summed E-state index contributed by atoms with van der Waals surface area (Å²) >= 11 is 0. The van der Waals surface area contributed by atoms with Gasteiger partial charge < -0.3 is 19.3 Å². The Morgan fingerprint density at radius 2 is 2.04 bits per heavy atom. The Balaban J connectivity index is 2.12. The highest BCUT2D eigenvalue weighted by atomic mass is 16.6. The first kappa shape index (κ1) is 19.8. The highest BCUT2D eigenvalue weighted by Gasteiger charge is 2.74. The molecule has 27 heavy (non-hydrogen) atoms. The van der Waals surface area contributed by atoms with Gasteiger partial charge in [-0.15, -0.1) is 0 Å². The van der Waals surface area contributed by atoms with Crippen molar-refractivity contribution in [2.75, 3.05) is 0 Å². The molecule has 1 saturated heterocycles. The number of allylic oxidation sites excluding steroid dienone is 1.